The van der Waals surface area contributed by atoms with Crippen LogP contribution in [-0.4, -0.2) is 24.0 Å². The van der Waals surface area contributed by atoms with Crippen LogP contribution in [0, 0.1) is 20.8 Å². The highest BCUT2D eigenvalue weighted by Gasteiger charge is 2.18. The van der Waals surface area contributed by atoms with Crippen molar-refractivity contribution in [1.82, 2.24) is 4.98 Å². The van der Waals surface area contributed by atoms with Gasteiger partial charge in [0.25, 0.3) is 5.91 Å². The fourth-order valence-corrected chi connectivity index (χ4v) is 3.85. The molecular formula is C24H27N3O. The zero-order valence-electron chi connectivity index (χ0n) is 16.9. The molecule has 0 radical (unpaired) electrons. The summed E-state index contributed by atoms with van der Waals surface area (Å²) in [4.78, 5) is 20.0. The maximum Gasteiger partial charge on any atom is 0.274 e. The van der Waals surface area contributed by atoms with Crippen LogP contribution in [0.2, 0.25) is 0 Å². The van der Waals surface area contributed by atoms with Crippen LogP contribution in [0.4, 0.5) is 11.4 Å². The van der Waals surface area contributed by atoms with Gasteiger partial charge in [0.15, 0.2) is 0 Å². The zero-order valence-corrected chi connectivity index (χ0v) is 16.9. The molecule has 0 bridgehead atoms. The number of amides is 1. The lowest BCUT2D eigenvalue weighted by Gasteiger charge is -2.30. The Morgan fingerprint density at radius 2 is 1.71 bits per heavy atom. The summed E-state index contributed by atoms with van der Waals surface area (Å²) in [6, 6.07) is 14.2. The summed E-state index contributed by atoms with van der Waals surface area (Å²) >= 11 is 0. The summed E-state index contributed by atoms with van der Waals surface area (Å²) in [6.45, 7) is 8.28. The maximum atomic E-state index is 13.0. The molecule has 4 nitrogen and oxygen atoms in total. The van der Waals surface area contributed by atoms with Crippen molar-refractivity contribution in [2.45, 2.75) is 40.0 Å². The van der Waals surface area contributed by atoms with Crippen molar-refractivity contribution in [2.24, 2.45) is 0 Å². The Bertz CT molecular complexity index is 1040. The van der Waals surface area contributed by atoms with E-state index in [4.69, 9.17) is 0 Å². The van der Waals surface area contributed by atoms with Crippen molar-refractivity contribution in [3.63, 3.8) is 0 Å². The normalized spacial score (nSPS) is 14.3. The van der Waals surface area contributed by atoms with Crippen LogP contribution in [0.1, 0.15) is 46.4 Å². The van der Waals surface area contributed by atoms with E-state index in [0.717, 1.165) is 40.9 Å². The highest BCUT2D eigenvalue weighted by Crippen LogP contribution is 2.30. The Morgan fingerprint density at radius 3 is 2.46 bits per heavy atom. The van der Waals surface area contributed by atoms with Gasteiger partial charge < -0.3 is 10.2 Å². The van der Waals surface area contributed by atoms with Gasteiger partial charge in [0.05, 0.1) is 5.52 Å². The summed E-state index contributed by atoms with van der Waals surface area (Å²) in [5, 5.41) is 4.14. The van der Waals surface area contributed by atoms with Gasteiger partial charge in [0.1, 0.15) is 5.69 Å². The molecule has 2 heterocycles. The van der Waals surface area contributed by atoms with Gasteiger partial charge in [-0.2, -0.15) is 0 Å². The molecule has 1 aromatic heterocycles. The molecule has 28 heavy (non-hydrogen) atoms. The van der Waals surface area contributed by atoms with Crippen molar-refractivity contribution in [1.29, 1.82) is 0 Å². The Kier molecular flexibility index (Phi) is 5.03. The van der Waals surface area contributed by atoms with Crippen molar-refractivity contribution < 1.29 is 4.79 Å². The number of rotatable bonds is 3. The number of hydrogen-bond acceptors (Lipinski definition) is 3. The molecular weight excluding hydrogens is 346 g/mol. The first-order valence-corrected chi connectivity index (χ1v) is 10.1. The monoisotopic (exact) mass is 373 g/mol. The molecule has 1 N–H and O–H groups in total. The predicted octanol–water partition coefficient (Wildman–Crippen LogP) is 5.40. The number of aryl methyl sites for hydroxylation is 3. The number of aromatic nitrogens is 1. The average molecular weight is 374 g/mol. The molecule has 1 amide bonds. The van der Waals surface area contributed by atoms with E-state index < -0.39 is 0 Å². The molecule has 1 saturated heterocycles. The first-order valence-electron chi connectivity index (χ1n) is 10.1. The number of hydrogen-bond donors (Lipinski definition) is 1. The van der Waals surface area contributed by atoms with Crippen LogP contribution >= 0.6 is 0 Å². The fourth-order valence-electron chi connectivity index (χ4n) is 3.85. The number of nitrogens with one attached hydrogen (secondary N) is 1. The lowest BCUT2D eigenvalue weighted by molar-refractivity contribution is 0.102. The van der Waals surface area contributed by atoms with Crippen LogP contribution in [0.5, 0.6) is 0 Å². The van der Waals surface area contributed by atoms with Crippen LogP contribution in [0.3, 0.4) is 0 Å². The number of piperidine rings is 1. The van der Waals surface area contributed by atoms with Gasteiger partial charge in [-0.05, 0) is 81.5 Å². The molecule has 0 aliphatic carbocycles. The highest BCUT2D eigenvalue weighted by molar-refractivity contribution is 6.06. The second-order valence-corrected chi connectivity index (χ2v) is 7.85. The summed E-state index contributed by atoms with van der Waals surface area (Å²) in [7, 11) is 0. The number of carbonyl (C=O) groups is 1. The Morgan fingerprint density at radius 1 is 0.929 bits per heavy atom. The largest absolute Gasteiger partial charge is 0.371 e. The summed E-state index contributed by atoms with van der Waals surface area (Å²) in [5.74, 6) is -0.163. The first kappa shape index (κ1) is 18.5. The molecule has 4 rings (SSSR count). The minimum atomic E-state index is -0.163. The number of benzene rings is 2. The number of anilines is 2. The van der Waals surface area contributed by atoms with E-state index in [2.05, 4.69) is 48.1 Å². The topological polar surface area (TPSA) is 45.2 Å². The third kappa shape index (κ3) is 3.72. The van der Waals surface area contributed by atoms with Gasteiger partial charge in [-0.15, -0.1) is 0 Å². The molecule has 0 unspecified atom stereocenters. The van der Waals surface area contributed by atoms with Crippen LogP contribution in [-0.2, 0) is 0 Å². The van der Waals surface area contributed by atoms with Gasteiger partial charge in [-0.25, -0.2) is 4.98 Å². The minimum absolute atomic E-state index is 0.163. The molecule has 0 spiro atoms. The minimum Gasteiger partial charge on any atom is -0.371 e. The van der Waals surface area contributed by atoms with Crippen molar-refractivity contribution >= 4 is 28.2 Å². The van der Waals surface area contributed by atoms with Gasteiger partial charge in [-0.3, -0.25) is 4.79 Å². The molecule has 4 heteroatoms. The second kappa shape index (κ2) is 7.63. The second-order valence-electron chi connectivity index (χ2n) is 7.85. The molecule has 0 atom stereocenters. The van der Waals surface area contributed by atoms with Gasteiger partial charge >= 0.3 is 0 Å². The van der Waals surface area contributed by atoms with Crippen molar-refractivity contribution in [2.75, 3.05) is 23.3 Å². The van der Waals surface area contributed by atoms with Crippen LogP contribution < -0.4 is 10.2 Å². The quantitative estimate of drug-likeness (QED) is 0.668. The number of nitrogens with zero attached hydrogens (tertiary/aromatic N) is 2. The zero-order chi connectivity index (χ0) is 19.7. The maximum absolute atomic E-state index is 13.0. The van der Waals surface area contributed by atoms with E-state index in [9.17, 15) is 4.79 Å². The van der Waals surface area contributed by atoms with Crippen molar-refractivity contribution in [3.8, 4) is 0 Å². The first-order chi connectivity index (χ1) is 13.5. The average Bonchev–Trinajstić information content (AvgIpc) is 2.70. The summed E-state index contributed by atoms with van der Waals surface area (Å²) < 4.78 is 0. The van der Waals surface area contributed by atoms with E-state index in [-0.39, 0.29) is 5.91 Å². The van der Waals surface area contributed by atoms with Crippen LogP contribution in [0.15, 0.2) is 42.5 Å². The van der Waals surface area contributed by atoms with Gasteiger partial charge in [-0.1, -0.05) is 17.7 Å². The number of pyridine rings is 1. The molecule has 144 valence electrons. The van der Waals surface area contributed by atoms with E-state index in [0.29, 0.717) is 5.69 Å². The summed E-state index contributed by atoms with van der Waals surface area (Å²) in [6.07, 6.45) is 3.66. The molecule has 3 aromatic rings. The SMILES string of the molecule is Cc1ccc2nc(C(=O)Nc3ccc(C)c(C)c3)cc(N3CCCCC3)c2c1. The Labute approximate surface area is 166 Å². The lowest BCUT2D eigenvalue weighted by atomic mass is 10.1. The molecule has 0 saturated carbocycles. The van der Waals surface area contributed by atoms with E-state index >= 15 is 0 Å². The Balaban J connectivity index is 1.72. The summed E-state index contributed by atoms with van der Waals surface area (Å²) in [5.41, 5.74) is 6.85. The third-order valence-electron chi connectivity index (χ3n) is 5.64. The van der Waals surface area contributed by atoms with Crippen molar-refractivity contribution in [3.05, 3.63) is 64.8 Å². The predicted molar refractivity (Wildman–Crippen MR) is 116 cm³/mol. The van der Waals surface area contributed by atoms with Gasteiger partial charge in [0, 0.05) is 29.9 Å². The van der Waals surface area contributed by atoms with Crippen LogP contribution in [0.25, 0.3) is 10.9 Å². The third-order valence-corrected chi connectivity index (χ3v) is 5.64. The smallest absolute Gasteiger partial charge is 0.274 e. The number of carbonyl (C=O) groups excluding carboxylic acids is 1. The van der Waals surface area contributed by atoms with Gasteiger partial charge in [0.2, 0.25) is 0 Å². The fraction of sp³-hybridized carbons (Fsp3) is 0.333. The van der Waals surface area contributed by atoms with E-state index in [1.807, 2.05) is 30.3 Å². The van der Waals surface area contributed by atoms with E-state index in [1.54, 1.807) is 0 Å². The molecule has 1 aliphatic heterocycles. The molecule has 1 fully saturated rings. The Hall–Kier alpha value is -2.88. The standard InChI is InChI=1S/C24H27N3O/c1-16-7-10-21-20(13-16)23(27-11-5-4-6-12-27)15-22(26-21)24(28)25-19-9-8-17(2)18(3)14-19/h7-10,13-15H,4-6,11-12H2,1-3H3,(H,25,28). The lowest BCUT2D eigenvalue weighted by Crippen LogP contribution is -2.30. The molecule has 1 aliphatic rings. The number of fused-ring (bicyclic) bond motifs is 1. The highest BCUT2D eigenvalue weighted by atomic mass is 16.1. The van der Waals surface area contributed by atoms with E-state index in [1.165, 1.54) is 30.4 Å². The molecule has 2 aromatic carbocycles.